The maximum Gasteiger partial charge on any atom is 0.227 e. The van der Waals surface area contributed by atoms with Gasteiger partial charge in [-0.2, -0.15) is 0 Å². The number of hydrogen-bond acceptors (Lipinski definition) is 2. The second-order valence-corrected chi connectivity index (χ2v) is 6.45. The Labute approximate surface area is 104 Å². The zero-order valence-corrected chi connectivity index (χ0v) is 10.8. The Morgan fingerprint density at radius 2 is 1.94 bits per heavy atom. The molecule has 1 amide bonds. The van der Waals surface area contributed by atoms with Gasteiger partial charge in [0.25, 0.3) is 0 Å². The minimum Gasteiger partial charge on any atom is -0.345 e. The minimum atomic E-state index is 0.138. The van der Waals surface area contributed by atoms with Crippen LogP contribution in [0.25, 0.3) is 0 Å². The second-order valence-electron chi connectivity index (χ2n) is 6.45. The van der Waals surface area contributed by atoms with Crippen molar-refractivity contribution in [1.29, 1.82) is 0 Å². The van der Waals surface area contributed by atoms with Crippen LogP contribution in [0, 0.1) is 23.7 Å². The van der Waals surface area contributed by atoms with Crippen molar-refractivity contribution in [2.24, 2.45) is 29.4 Å². The minimum absolute atomic E-state index is 0.138. The van der Waals surface area contributed by atoms with Crippen LogP contribution in [0.5, 0.6) is 0 Å². The van der Waals surface area contributed by atoms with Crippen molar-refractivity contribution in [1.82, 2.24) is 4.90 Å². The molecule has 3 nitrogen and oxygen atoms in total. The molecule has 4 atom stereocenters. The van der Waals surface area contributed by atoms with Crippen LogP contribution in [0.15, 0.2) is 0 Å². The first-order valence-corrected chi connectivity index (χ1v) is 7.17. The molecule has 0 aromatic rings. The van der Waals surface area contributed by atoms with Crippen LogP contribution in [0.4, 0.5) is 0 Å². The molecular weight excluding hydrogens is 212 g/mol. The molecule has 3 aliphatic carbocycles. The Kier molecular flexibility index (Phi) is 2.89. The largest absolute Gasteiger partial charge is 0.345 e. The lowest BCUT2D eigenvalue weighted by molar-refractivity contribution is -0.137. The Bertz CT molecular complexity index is 311. The van der Waals surface area contributed by atoms with E-state index in [1.54, 1.807) is 0 Å². The van der Waals surface area contributed by atoms with E-state index in [1.807, 2.05) is 11.9 Å². The van der Waals surface area contributed by atoms with Crippen molar-refractivity contribution >= 4 is 5.91 Å². The van der Waals surface area contributed by atoms with Gasteiger partial charge in [0.1, 0.15) is 0 Å². The molecule has 0 aromatic heterocycles. The van der Waals surface area contributed by atoms with Crippen LogP contribution in [-0.4, -0.2) is 30.4 Å². The number of nitrogens with two attached hydrogens (primary N) is 1. The summed E-state index contributed by atoms with van der Waals surface area (Å²) in [5, 5.41) is 0. The first kappa shape index (κ1) is 11.5. The summed E-state index contributed by atoms with van der Waals surface area (Å²) >= 11 is 0. The highest BCUT2D eigenvalue weighted by atomic mass is 16.2. The van der Waals surface area contributed by atoms with E-state index in [4.69, 9.17) is 5.73 Å². The Hall–Kier alpha value is -0.570. The van der Waals surface area contributed by atoms with Crippen LogP contribution in [0.3, 0.4) is 0 Å². The Morgan fingerprint density at radius 1 is 1.24 bits per heavy atom. The average molecular weight is 236 g/mol. The van der Waals surface area contributed by atoms with Gasteiger partial charge in [-0.1, -0.05) is 6.42 Å². The zero-order valence-electron chi connectivity index (χ0n) is 10.8. The molecule has 0 saturated heterocycles. The predicted molar refractivity (Wildman–Crippen MR) is 67.3 cm³/mol. The molecule has 96 valence electrons. The maximum absolute atomic E-state index is 12.5. The van der Waals surface area contributed by atoms with Gasteiger partial charge >= 0.3 is 0 Å². The van der Waals surface area contributed by atoms with Crippen LogP contribution < -0.4 is 5.73 Å². The third-order valence-corrected chi connectivity index (χ3v) is 5.40. The topological polar surface area (TPSA) is 46.3 Å². The van der Waals surface area contributed by atoms with Crippen molar-refractivity contribution in [2.45, 2.75) is 44.6 Å². The highest BCUT2D eigenvalue weighted by molar-refractivity contribution is 5.80. The van der Waals surface area contributed by atoms with Gasteiger partial charge in [-0.3, -0.25) is 4.79 Å². The molecule has 3 fully saturated rings. The molecule has 2 bridgehead atoms. The number of carbonyl (C=O) groups is 1. The lowest BCUT2D eigenvalue weighted by atomic mass is 9.82. The summed E-state index contributed by atoms with van der Waals surface area (Å²) < 4.78 is 0. The molecule has 2 N–H and O–H groups in total. The maximum atomic E-state index is 12.5. The summed E-state index contributed by atoms with van der Waals surface area (Å²) in [6.07, 6.45) is 7.64. The number of carbonyl (C=O) groups excluding carboxylic acids is 1. The number of fused-ring (bicyclic) bond motifs is 2. The first-order valence-electron chi connectivity index (χ1n) is 7.17. The molecule has 4 unspecified atom stereocenters. The molecule has 3 rings (SSSR count). The lowest BCUT2D eigenvalue weighted by Crippen LogP contribution is -2.47. The van der Waals surface area contributed by atoms with Crippen LogP contribution in [0.1, 0.15) is 38.5 Å². The van der Waals surface area contributed by atoms with E-state index in [-0.39, 0.29) is 12.0 Å². The predicted octanol–water partition coefficient (Wildman–Crippen LogP) is 1.62. The summed E-state index contributed by atoms with van der Waals surface area (Å²) in [5.74, 6) is 2.45. The van der Waals surface area contributed by atoms with Crippen LogP contribution in [0.2, 0.25) is 0 Å². The highest BCUT2D eigenvalue weighted by Gasteiger charge is 2.49. The quantitative estimate of drug-likeness (QED) is 0.809. The van der Waals surface area contributed by atoms with E-state index in [9.17, 15) is 4.79 Å². The number of nitrogens with zero attached hydrogens (tertiary/aromatic N) is 1. The molecule has 17 heavy (non-hydrogen) atoms. The van der Waals surface area contributed by atoms with E-state index in [2.05, 4.69) is 0 Å². The van der Waals surface area contributed by atoms with E-state index < -0.39 is 0 Å². The monoisotopic (exact) mass is 236 g/mol. The normalized spacial score (nSPS) is 40.4. The summed E-state index contributed by atoms with van der Waals surface area (Å²) in [4.78, 5) is 14.4. The molecule has 0 heterocycles. The van der Waals surface area contributed by atoms with E-state index >= 15 is 0 Å². The van der Waals surface area contributed by atoms with Crippen molar-refractivity contribution in [2.75, 3.05) is 13.6 Å². The van der Waals surface area contributed by atoms with Gasteiger partial charge < -0.3 is 10.6 Å². The van der Waals surface area contributed by atoms with Gasteiger partial charge in [0.05, 0.1) is 5.92 Å². The Morgan fingerprint density at radius 3 is 2.47 bits per heavy atom. The van der Waals surface area contributed by atoms with Crippen LogP contribution in [-0.2, 0) is 4.79 Å². The van der Waals surface area contributed by atoms with Gasteiger partial charge in [-0.15, -0.1) is 0 Å². The lowest BCUT2D eigenvalue weighted by Gasteiger charge is -2.34. The molecule has 0 radical (unpaired) electrons. The van der Waals surface area contributed by atoms with Crippen molar-refractivity contribution in [3.05, 3.63) is 0 Å². The SMILES string of the molecule is CN(CC1CCC1)C(=O)C1C2CCC(C2)C1N. The third kappa shape index (κ3) is 1.88. The van der Waals surface area contributed by atoms with Gasteiger partial charge in [-0.25, -0.2) is 0 Å². The molecule has 0 spiro atoms. The fourth-order valence-electron chi connectivity index (χ4n) is 4.11. The smallest absolute Gasteiger partial charge is 0.227 e. The fraction of sp³-hybridized carbons (Fsp3) is 0.929. The molecule has 3 aliphatic rings. The standard InChI is InChI=1S/C14H24N2O/c1-16(8-9-3-2-4-9)14(17)12-10-5-6-11(7-10)13(12)15/h9-13H,2-8,15H2,1H3. The molecule has 3 heteroatoms. The third-order valence-electron chi connectivity index (χ3n) is 5.40. The van der Waals surface area contributed by atoms with Crippen LogP contribution >= 0.6 is 0 Å². The van der Waals surface area contributed by atoms with Crippen molar-refractivity contribution in [3.63, 3.8) is 0 Å². The van der Waals surface area contributed by atoms with E-state index in [1.165, 1.54) is 38.5 Å². The second kappa shape index (κ2) is 4.27. The molecule has 0 aromatic carbocycles. The Balaban J connectivity index is 1.61. The van der Waals surface area contributed by atoms with Gasteiger partial charge in [0, 0.05) is 19.6 Å². The van der Waals surface area contributed by atoms with E-state index in [0.717, 1.165) is 12.5 Å². The average Bonchev–Trinajstić information content (AvgIpc) is 2.82. The zero-order chi connectivity index (χ0) is 12.0. The summed E-state index contributed by atoms with van der Waals surface area (Å²) in [5.41, 5.74) is 6.23. The number of amides is 1. The molecule has 0 aliphatic heterocycles. The summed E-state index contributed by atoms with van der Waals surface area (Å²) in [7, 11) is 1.97. The summed E-state index contributed by atoms with van der Waals surface area (Å²) in [6, 6.07) is 0.144. The summed E-state index contributed by atoms with van der Waals surface area (Å²) in [6.45, 7) is 0.958. The van der Waals surface area contributed by atoms with Crippen molar-refractivity contribution in [3.8, 4) is 0 Å². The molecule has 3 saturated carbocycles. The highest BCUT2D eigenvalue weighted by Crippen LogP contribution is 2.48. The van der Waals surface area contributed by atoms with Gasteiger partial charge in [0.15, 0.2) is 0 Å². The number of hydrogen-bond donors (Lipinski definition) is 1. The van der Waals surface area contributed by atoms with Gasteiger partial charge in [0.2, 0.25) is 5.91 Å². The fourth-order valence-corrected chi connectivity index (χ4v) is 4.11. The van der Waals surface area contributed by atoms with Crippen molar-refractivity contribution < 1.29 is 4.79 Å². The van der Waals surface area contributed by atoms with E-state index in [0.29, 0.717) is 17.7 Å². The van der Waals surface area contributed by atoms with Gasteiger partial charge in [-0.05, 0) is 49.9 Å². The molecular formula is C14H24N2O. The number of rotatable bonds is 3. The first-order chi connectivity index (χ1) is 8.16.